The Balaban J connectivity index is 1.97. The van der Waals surface area contributed by atoms with Crippen molar-refractivity contribution in [3.8, 4) is 0 Å². The van der Waals surface area contributed by atoms with E-state index < -0.39 is 0 Å². The van der Waals surface area contributed by atoms with Gasteiger partial charge in [-0.25, -0.2) is 4.39 Å². The summed E-state index contributed by atoms with van der Waals surface area (Å²) < 4.78 is 13.6. The van der Waals surface area contributed by atoms with Gasteiger partial charge >= 0.3 is 0 Å². The van der Waals surface area contributed by atoms with E-state index in [0.717, 1.165) is 19.4 Å². The van der Waals surface area contributed by atoms with Crippen molar-refractivity contribution in [2.45, 2.75) is 38.1 Å². The molecule has 4 heteroatoms. The number of amides is 1. The molecule has 0 aliphatic carbocycles. The second kappa shape index (κ2) is 6.15. The maximum absolute atomic E-state index is 13.6. The molecule has 1 aromatic carbocycles. The molecule has 2 atom stereocenters. The van der Waals surface area contributed by atoms with Crippen LogP contribution in [0.5, 0.6) is 0 Å². The zero-order chi connectivity index (χ0) is 13.8. The Hall–Kier alpha value is -1.42. The first-order valence-corrected chi connectivity index (χ1v) is 6.85. The predicted molar refractivity (Wildman–Crippen MR) is 73.2 cm³/mol. The summed E-state index contributed by atoms with van der Waals surface area (Å²) in [4.78, 5) is 14.0. The smallest absolute Gasteiger partial charge is 0.223 e. The number of halogens is 1. The number of nitrogens with zero attached hydrogens (tertiary/aromatic N) is 1. The van der Waals surface area contributed by atoms with Crippen molar-refractivity contribution in [2.24, 2.45) is 5.73 Å². The van der Waals surface area contributed by atoms with E-state index in [1.54, 1.807) is 18.2 Å². The molecule has 1 aliphatic rings. The molecule has 2 N–H and O–H groups in total. The molecule has 2 rings (SSSR count). The van der Waals surface area contributed by atoms with Crippen LogP contribution in [-0.4, -0.2) is 29.9 Å². The summed E-state index contributed by atoms with van der Waals surface area (Å²) in [6.07, 6.45) is 2.28. The predicted octanol–water partition coefficient (Wildman–Crippen LogP) is 2.27. The number of benzene rings is 1. The van der Waals surface area contributed by atoms with E-state index in [1.807, 2.05) is 11.8 Å². The van der Waals surface area contributed by atoms with Crippen molar-refractivity contribution in [3.05, 3.63) is 35.6 Å². The minimum Gasteiger partial charge on any atom is -0.341 e. The van der Waals surface area contributed by atoms with E-state index in [4.69, 9.17) is 5.73 Å². The highest BCUT2D eigenvalue weighted by atomic mass is 19.1. The summed E-state index contributed by atoms with van der Waals surface area (Å²) >= 11 is 0. The molecule has 0 bridgehead atoms. The first-order chi connectivity index (χ1) is 9.08. The normalized spacial score (nSPS) is 21.2. The first kappa shape index (κ1) is 14.0. The summed E-state index contributed by atoms with van der Waals surface area (Å²) in [5.41, 5.74) is 6.48. The summed E-state index contributed by atoms with van der Waals surface area (Å²) in [6.45, 7) is 3.29. The zero-order valence-electron chi connectivity index (χ0n) is 11.3. The monoisotopic (exact) mass is 264 g/mol. The second-order valence-electron chi connectivity index (χ2n) is 5.37. The van der Waals surface area contributed by atoms with Crippen molar-refractivity contribution in [2.75, 3.05) is 13.1 Å². The average molecular weight is 264 g/mol. The molecule has 0 saturated carbocycles. The van der Waals surface area contributed by atoms with Crippen LogP contribution in [0.3, 0.4) is 0 Å². The van der Waals surface area contributed by atoms with Crippen LogP contribution < -0.4 is 5.73 Å². The van der Waals surface area contributed by atoms with Crippen molar-refractivity contribution in [1.29, 1.82) is 0 Å². The van der Waals surface area contributed by atoms with Crippen LogP contribution in [0.2, 0.25) is 0 Å². The summed E-state index contributed by atoms with van der Waals surface area (Å²) in [5, 5.41) is 0. The van der Waals surface area contributed by atoms with E-state index in [9.17, 15) is 9.18 Å². The molecular weight excluding hydrogens is 243 g/mol. The van der Waals surface area contributed by atoms with Gasteiger partial charge in [0, 0.05) is 25.6 Å². The highest BCUT2D eigenvalue weighted by molar-refractivity contribution is 5.77. The molecule has 1 fully saturated rings. The van der Waals surface area contributed by atoms with Gasteiger partial charge in [0.05, 0.1) is 0 Å². The minimum atomic E-state index is -0.238. The van der Waals surface area contributed by atoms with E-state index >= 15 is 0 Å². The number of likely N-dealkylation sites (tertiary alicyclic amines) is 1. The number of hydrogen-bond acceptors (Lipinski definition) is 2. The number of rotatable bonds is 3. The third kappa shape index (κ3) is 3.53. The van der Waals surface area contributed by atoms with Crippen LogP contribution in [0.4, 0.5) is 4.39 Å². The fraction of sp³-hybridized carbons (Fsp3) is 0.533. The number of carbonyl (C=O) groups excluding carboxylic acids is 1. The van der Waals surface area contributed by atoms with Crippen LogP contribution in [0, 0.1) is 5.82 Å². The van der Waals surface area contributed by atoms with Gasteiger partial charge in [0.1, 0.15) is 5.82 Å². The molecule has 0 spiro atoms. The van der Waals surface area contributed by atoms with Crippen molar-refractivity contribution < 1.29 is 9.18 Å². The topological polar surface area (TPSA) is 46.3 Å². The number of hydrogen-bond donors (Lipinski definition) is 1. The molecule has 1 aromatic rings. The van der Waals surface area contributed by atoms with Gasteiger partial charge in [-0.05, 0) is 30.4 Å². The van der Waals surface area contributed by atoms with Gasteiger partial charge in [-0.1, -0.05) is 25.1 Å². The van der Waals surface area contributed by atoms with Crippen LogP contribution >= 0.6 is 0 Å². The third-order valence-corrected chi connectivity index (χ3v) is 3.73. The summed E-state index contributed by atoms with van der Waals surface area (Å²) in [6, 6.07) is 6.73. The number of piperidine rings is 1. The molecule has 19 heavy (non-hydrogen) atoms. The molecule has 1 saturated heterocycles. The van der Waals surface area contributed by atoms with Crippen molar-refractivity contribution >= 4 is 5.91 Å². The molecule has 1 aliphatic heterocycles. The lowest BCUT2D eigenvalue weighted by Crippen LogP contribution is -2.45. The van der Waals surface area contributed by atoms with Crippen LogP contribution in [-0.2, 0) is 4.79 Å². The quantitative estimate of drug-likeness (QED) is 0.910. The molecule has 104 valence electrons. The van der Waals surface area contributed by atoms with E-state index in [-0.39, 0.29) is 23.7 Å². The fourth-order valence-electron chi connectivity index (χ4n) is 2.61. The maximum Gasteiger partial charge on any atom is 0.223 e. The van der Waals surface area contributed by atoms with E-state index in [1.165, 1.54) is 6.07 Å². The van der Waals surface area contributed by atoms with Crippen molar-refractivity contribution in [3.63, 3.8) is 0 Å². The van der Waals surface area contributed by atoms with Crippen molar-refractivity contribution in [1.82, 2.24) is 4.90 Å². The SMILES string of the molecule is CC(CC(=O)N1CCCC(N)C1)c1ccccc1F. The van der Waals surface area contributed by atoms with Gasteiger partial charge in [-0.15, -0.1) is 0 Å². The van der Waals surface area contributed by atoms with Crippen LogP contribution in [0.15, 0.2) is 24.3 Å². The molecule has 0 radical (unpaired) electrons. The largest absolute Gasteiger partial charge is 0.341 e. The molecule has 3 nitrogen and oxygen atoms in total. The van der Waals surface area contributed by atoms with Crippen LogP contribution in [0.25, 0.3) is 0 Å². The minimum absolute atomic E-state index is 0.0749. The Morgan fingerprint density at radius 2 is 2.26 bits per heavy atom. The zero-order valence-corrected chi connectivity index (χ0v) is 11.3. The summed E-state index contributed by atoms with van der Waals surface area (Å²) in [7, 11) is 0. The number of carbonyl (C=O) groups is 1. The van der Waals surface area contributed by atoms with E-state index in [2.05, 4.69) is 0 Å². The fourth-order valence-corrected chi connectivity index (χ4v) is 2.61. The van der Waals surface area contributed by atoms with Gasteiger partial charge in [0.2, 0.25) is 5.91 Å². The highest BCUT2D eigenvalue weighted by Gasteiger charge is 2.23. The number of nitrogens with two attached hydrogens (primary N) is 1. The van der Waals surface area contributed by atoms with Gasteiger partial charge < -0.3 is 10.6 Å². The second-order valence-corrected chi connectivity index (χ2v) is 5.37. The molecular formula is C15H21FN2O. The lowest BCUT2D eigenvalue weighted by atomic mass is 9.96. The Bertz CT molecular complexity index is 450. The van der Waals surface area contributed by atoms with E-state index in [0.29, 0.717) is 18.5 Å². The molecule has 2 unspecified atom stereocenters. The molecule has 1 amide bonds. The van der Waals surface area contributed by atoms with Gasteiger partial charge in [0.15, 0.2) is 0 Å². The summed E-state index contributed by atoms with van der Waals surface area (Å²) in [5.74, 6) is -0.268. The first-order valence-electron chi connectivity index (χ1n) is 6.85. The Morgan fingerprint density at radius 1 is 1.53 bits per heavy atom. The third-order valence-electron chi connectivity index (χ3n) is 3.73. The Labute approximate surface area is 113 Å². The van der Waals surface area contributed by atoms with Gasteiger partial charge in [-0.2, -0.15) is 0 Å². The maximum atomic E-state index is 13.6. The molecule has 0 aromatic heterocycles. The Morgan fingerprint density at radius 3 is 2.95 bits per heavy atom. The lowest BCUT2D eigenvalue weighted by molar-refractivity contribution is -0.132. The molecule has 1 heterocycles. The van der Waals surface area contributed by atoms with Gasteiger partial charge in [-0.3, -0.25) is 4.79 Å². The highest BCUT2D eigenvalue weighted by Crippen LogP contribution is 2.23. The standard InChI is InChI=1S/C15H21FN2O/c1-11(13-6-2-3-7-14(13)16)9-15(19)18-8-4-5-12(17)10-18/h2-3,6-7,11-12H,4-5,8-10,17H2,1H3. The average Bonchev–Trinajstić information content (AvgIpc) is 2.39. The van der Waals surface area contributed by atoms with Crippen LogP contribution in [0.1, 0.15) is 37.7 Å². The van der Waals surface area contributed by atoms with Gasteiger partial charge in [0.25, 0.3) is 0 Å². The Kier molecular flexibility index (Phi) is 4.53. The lowest BCUT2D eigenvalue weighted by Gasteiger charge is -2.31.